The zero-order valence-electron chi connectivity index (χ0n) is 21.2. The standard InChI is InChI=1S/C28H22F6N4O2/c1-38(2)25-19-7-9-35-23(15-11-16(27(29,30)31)13-17(12-15)28(32,33)34)24(19)36-14-20(25)26(39)37-21-8-10-40-22-6-4-3-5-18(21)22/h3-7,9,11-14,21H,8,10H2,1-2H3,(H,37,39)/t21-/m0/s1. The van der Waals surface area contributed by atoms with E-state index in [-0.39, 0.29) is 28.9 Å². The number of nitrogens with zero attached hydrogens (tertiary/aromatic N) is 3. The van der Waals surface area contributed by atoms with Gasteiger partial charge in [-0.3, -0.25) is 14.8 Å². The molecule has 1 aliphatic rings. The summed E-state index contributed by atoms with van der Waals surface area (Å²) < 4.78 is 86.7. The zero-order chi connectivity index (χ0) is 28.8. The maximum absolute atomic E-state index is 13.5. The van der Waals surface area contributed by atoms with Crippen LogP contribution in [-0.4, -0.2) is 36.6 Å². The Hall–Kier alpha value is -4.35. The number of pyridine rings is 2. The molecular formula is C28H22F6N4O2. The van der Waals surface area contributed by atoms with Crippen molar-refractivity contribution in [3.8, 4) is 17.0 Å². The summed E-state index contributed by atoms with van der Waals surface area (Å²) in [4.78, 5) is 23.5. The number of para-hydroxylation sites is 1. The predicted molar refractivity (Wildman–Crippen MR) is 136 cm³/mol. The Morgan fingerprint density at radius 3 is 2.30 bits per heavy atom. The maximum Gasteiger partial charge on any atom is 0.416 e. The van der Waals surface area contributed by atoms with Crippen molar-refractivity contribution < 1.29 is 35.9 Å². The van der Waals surface area contributed by atoms with Gasteiger partial charge in [-0.1, -0.05) is 18.2 Å². The van der Waals surface area contributed by atoms with Crippen LogP contribution < -0.4 is 15.0 Å². The summed E-state index contributed by atoms with van der Waals surface area (Å²) in [5.74, 6) is 0.218. The second-order valence-electron chi connectivity index (χ2n) is 9.47. The molecule has 2 aromatic heterocycles. The highest BCUT2D eigenvalue weighted by Crippen LogP contribution is 2.40. The van der Waals surface area contributed by atoms with E-state index in [1.165, 1.54) is 18.5 Å². The molecule has 0 aliphatic carbocycles. The minimum atomic E-state index is -5.02. The number of hydrogen-bond acceptors (Lipinski definition) is 5. The number of hydrogen-bond donors (Lipinski definition) is 1. The van der Waals surface area contributed by atoms with Crippen LogP contribution in [0.2, 0.25) is 0 Å². The molecule has 1 amide bonds. The van der Waals surface area contributed by atoms with Gasteiger partial charge in [0.25, 0.3) is 5.91 Å². The van der Waals surface area contributed by atoms with Gasteiger partial charge in [-0.05, 0) is 30.3 Å². The van der Waals surface area contributed by atoms with Crippen molar-refractivity contribution in [1.82, 2.24) is 15.3 Å². The number of amides is 1. The third-order valence-electron chi connectivity index (χ3n) is 6.57. The average molecular weight is 560 g/mol. The monoisotopic (exact) mass is 560 g/mol. The fraction of sp³-hybridized carbons (Fsp3) is 0.250. The molecule has 4 aromatic rings. The summed E-state index contributed by atoms with van der Waals surface area (Å²) in [6, 6.07) is 9.78. The quantitative estimate of drug-likeness (QED) is 0.283. The largest absolute Gasteiger partial charge is 0.493 e. The minimum Gasteiger partial charge on any atom is -0.493 e. The number of benzene rings is 2. The van der Waals surface area contributed by atoms with Crippen LogP contribution in [0.5, 0.6) is 5.75 Å². The molecule has 40 heavy (non-hydrogen) atoms. The predicted octanol–water partition coefficient (Wildman–Crippen LogP) is 6.65. The first-order valence-electron chi connectivity index (χ1n) is 12.1. The number of ether oxygens (including phenoxy) is 1. The first-order chi connectivity index (χ1) is 18.8. The average Bonchev–Trinajstić information content (AvgIpc) is 2.90. The normalized spacial score (nSPS) is 15.3. The Balaban J connectivity index is 1.61. The molecule has 6 nitrogen and oxygen atoms in total. The molecular weight excluding hydrogens is 538 g/mol. The Morgan fingerprint density at radius 1 is 0.975 bits per heavy atom. The third-order valence-corrected chi connectivity index (χ3v) is 6.57. The van der Waals surface area contributed by atoms with E-state index in [0.29, 0.717) is 42.0 Å². The van der Waals surface area contributed by atoms with Gasteiger partial charge in [0.2, 0.25) is 0 Å². The molecule has 3 heterocycles. The lowest BCUT2D eigenvalue weighted by molar-refractivity contribution is -0.143. The van der Waals surface area contributed by atoms with Crippen LogP contribution in [0.4, 0.5) is 32.0 Å². The number of rotatable bonds is 4. The molecule has 1 N–H and O–H groups in total. The summed E-state index contributed by atoms with van der Waals surface area (Å²) in [5, 5.41) is 3.33. The van der Waals surface area contributed by atoms with Crippen molar-refractivity contribution in [3.63, 3.8) is 0 Å². The van der Waals surface area contributed by atoms with Crippen LogP contribution >= 0.6 is 0 Å². The number of carbonyl (C=O) groups is 1. The smallest absolute Gasteiger partial charge is 0.416 e. The van der Waals surface area contributed by atoms with Crippen LogP contribution in [0.15, 0.2) is 60.9 Å². The highest BCUT2D eigenvalue weighted by molar-refractivity contribution is 6.09. The van der Waals surface area contributed by atoms with Crippen molar-refractivity contribution in [1.29, 1.82) is 0 Å². The van der Waals surface area contributed by atoms with Crippen LogP contribution in [0, 0.1) is 0 Å². The summed E-state index contributed by atoms with van der Waals surface area (Å²) in [7, 11) is 3.34. The molecule has 0 saturated carbocycles. The highest BCUT2D eigenvalue weighted by atomic mass is 19.4. The zero-order valence-corrected chi connectivity index (χ0v) is 21.2. The van der Waals surface area contributed by atoms with Crippen molar-refractivity contribution in [2.45, 2.75) is 24.8 Å². The second kappa shape index (κ2) is 10.00. The number of aromatic nitrogens is 2. The fourth-order valence-electron chi connectivity index (χ4n) is 4.79. The lowest BCUT2D eigenvalue weighted by Crippen LogP contribution is -2.33. The molecule has 0 saturated heterocycles. The number of carbonyl (C=O) groups excluding carboxylic acids is 1. The molecule has 0 fully saturated rings. The number of halogens is 6. The number of nitrogens with one attached hydrogen (secondary N) is 1. The molecule has 0 unspecified atom stereocenters. The number of alkyl halides is 6. The third kappa shape index (κ3) is 5.13. The summed E-state index contributed by atoms with van der Waals surface area (Å²) >= 11 is 0. The Labute approximate surface area is 224 Å². The van der Waals surface area contributed by atoms with Crippen molar-refractivity contribution in [2.24, 2.45) is 0 Å². The fourth-order valence-corrected chi connectivity index (χ4v) is 4.79. The van der Waals surface area contributed by atoms with E-state index in [2.05, 4.69) is 15.3 Å². The minimum absolute atomic E-state index is 0.0478. The molecule has 2 aromatic carbocycles. The number of anilines is 1. The molecule has 1 atom stereocenters. The molecule has 5 rings (SSSR count). The first kappa shape index (κ1) is 27.2. The topological polar surface area (TPSA) is 67.4 Å². The van der Waals surface area contributed by atoms with Gasteiger partial charge < -0.3 is 15.0 Å². The van der Waals surface area contributed by atoms with Crippen LogP contribution in [0.3, 0.4) is 0 Å². The molecule has 12 heteroatoms. The van der Waals surface area contributed by atoms with Crippen LogP contribution in [-0.2, 0) is 12.4 Å². The van der Waals surface area contributed by atoms with E-state index in [9.17, 15) is 31.1 Å². The van der Waals surface area contributed by atoms with Gasteiger partial charge in [-0.25, -0.2) is 0 Å². The Bertz CT molecular complexity index is 1570. The number of fused-ring (bicyclic) bond motifs is 2. The second-order valence-corrected chi connectivity index (χ2v) is 9.47. The van der Waals surface area contributed by atoms with Crippen molar-refractivity contribution in [2.75, 3.05) is 25.6 Å². The van der Waals surface area contributed by atoms with Gasteiger partial charge in [-0.15, -0.1) is 0 Å². The van der Waals surface area contributed by atoms with Crippen LogP contribution in [0.1, 0.15) is 39.5 Å². The van der Waals surface area contributed by atoms with Crippen molar-refractivity contribution in [3.05, 3.63) is 83.2 Å². The first-order valence-corrected chi connectivity index (χ1v) is 12.1. The Kier molecular flexibility index (Phi) is 6.80. The molecule has 0 radical (unpaired) electrons. The molecule has 208 valence electrons. The molecule has 0 bridgehead atoms. The van der Waals surface area contributed by atoms with Gasteiger partial charge in [0.05, 0.1) is 46.2 Å². The van der Waals surface area contributed by atoms with Gasteiger partial charge in [0.15, 0.2) is 0 Å². The van der Waals surface area contributed by atoms with E-state index >= 15 is 0 Å². The molecule has 1 aliphatic heterocycles. The highest BCUT2D eigenvalue weighted by Gasteiger charge is 2.37. The van der Waals surface area contributed by atoms with E-state index in [1.54, 1.807) is 19.0 Å². The molecule has 0 spiro atoms. The lowest BCUT2D eigenvalue weighted by Gasteiger charge is -2.27. The summed E-state index contributed by atoms with van der Waals surface area (Å²) in [6.45, 7) is 0.407. The maximum atomic E-state index is 13.5. The van der Waals surface area contributed by atoms with Crippen molar-refractivity contribution >= 4 is 22.5 Å². The summed E-state index contributed by atoms with van der Waals surface area (Å²) in [5.41, 5.74) is -2.07. The van der Waals surface area contributed by atoms with Crippen LogP contribution in [0.25, 0.3) is 22.2 Å². The Morgan fingerprint density at radius 2 is 1.65 bits per heavy atom. The van der Waals surface area contributed by atoms with Gasteiger partial charge in [0.1, 0.15) is 5.75 Å². The van der Waals surface area contributed by atoms with E-state index in [1.807, 2.05) is 24.3 Å². The van der Waals surface area contributed by atoms with E-state index in [4.69, 9.17) is 4.74 Å². The van der Waals surface area contributed by atoms with Gasteiger partial charge >= 0.3 is 12.4 Å². The van der Waals surface area contributed by atoms with Gasteiger partial charge in [-0.2, -0.15) is 26.3 Å². The van der Waals surface area contributed by atoms with E-state index in [0.717, 1.165) is 5.56 Å². The summed E-state index contributed by atoms with van der Waals surface area (Å²) in [6.07, 6.45) is -6.99. The van der Waals surface area contributed by atoms with E-state index < -0.39 is 35.0 Å². The van der Waals surface area contributed by atoms with Gasteiger partial charge in [0, 0.05) is 49.4 Å². The lowest BCUT2D eigenvalue weighted by atomic mass is 9.98. The SMILES string of the molecule is CN(C)c1c(C(=O)N[C@H]2CCOc3ccccc32)cnc2c(-c3cc(C(F)(F)F)cc(C(F)(F)F)c3)nccc12.